The molecule has 0 spiro atoms. The van der Waals surface area contributed by atoms with Crippen LogP contribution in [0.3, 0.4) is 0 Å². The van der Waals surface area contributed by atoms with E-state index in [1.165, 1.54) is 23.3 Å². The van der Waals surface area contributed by atoms with E-state index in [1.807, 2.05) is 18.2 Å². The molecule has 2 nitrogen and oxygen atoms in total. The van der Waals surface area contributed by atoms with E-state index < -0.39 is 11.7 Å². The second-order valence-electron chi connectivity index (χ2n) is 8.93. The van der Waals surface area contributed by atoms with Crippen molar-refractivity contribution in [3.8, 4) is 0 Å². The Morgan fingerprint density at radius 1 is 0.939 bits per heavy atom. The van der Waals surface area contributed by atoms with Crippen molar-refractivity contribution in [2.24, 2.45) is 5.92 Å². The lowest BCUT2D eigenvalue weighted by molar-refractivity contribution is -0.137. The second-order valence-corrected chi connectivity index (χ2v) is 10.2. The molecule has 6 heteroatoms. The molecule has 2 aliphatic rings. The van der Waals surface area contributed by atoms with Gasteiger partial charge < -0.3 is 4.90 Å². The largest absolute Gasteiger partial charge is 0.416 e. The van der Waals surface area contributed by atoms with E-state index in [4.69, 9.17) is 0 Å². The second kappa shape index (κ2) is 8.78. The first kappa shape index (κ1) is 22.4. The molecule has 0 saturated carbocycles. The summed E-state index contributed by atoms with van der Waals surface area (Å²) < 4.78 is 40.3. The lowest BCUT2D eigenvalue weighted by atomic mass is 9.87. The Labute approximate surface area is 204 Å². The number of rotatable bonds is 4. The SMILES string of the molecule is O=C1[C@H](C[C@@H]2CCc3ccccc32)C[C@@H](c2cccc(I)c2)N1c1ccc(C(F)(F)F)cc1. The molecule has 0 aromatic heterocycles. The zero-order valence-corrected chi connectivity index (χ0v) is 20.0. The predicted octanol–water partition coefficient (Wildman–Crippen LogP) is 7.52. The van der Waals surface area contributed by atoms with Crippen LogP contribution in [0.4, 0.5) is 18.9 Å². The number of carbonyl (C=O) groups excluding carboxylic acids is 1. The van der Waals surface area contributed by atoms with Gasteiger partial charge in [-0.25, -0.2) is 0 Å². The molecule has 3 aromatic rings. The van der Waals surface area contributed by atoms with Crippen LogP contribution in [-0.4, -0.2) is 5.91 Å². The van der Waals surface area contributed by atoms with Gasteiger partial charge in [-0.1, -0.05) is 36.4 Å². The highest BCUT2D eigenvalue weighted by Crippen LogP contribution is 2.46. The van der Waals surface area contributed by atoms with Gasteiger partial charge in [-0.2, -0.15) is 13.2 Å². The van der Waals surface area contributed by atoms with Crippen LogP contribution in [0, 0.1) is 9.49 Å². The Hall–Kier alpha value is -2.35. The van der Waals surface area contributed by atoms with Gasteiger partial charge in [0.2, 0.25) is 5.91 Å². The molecule has 3 aromatic carbocycles. The number of anilines is 1. The summed E-state index contributed by atoms with van der Waals surface area (Å²) >= 11 is 2.25. The molecule has 5 rings (SSSR count). The third kappa shape index (κ3) is 4.42. The topological polar surface area (TPSA) is 20.3 Å². The Morgan fingerprint density at radius 2 is 1.70 bits per heavy atom. The number of alkyl halides is 3. The molecule has 0 N–H and O–H groups in total. The third-order valence-electron chi connectivity index (χ3n) is 6.94. The smallest absolute Gasteiger partial charge is 0.305 e. The molecule has 0 radical (unpaired) electrons. The minimum absolute atomic E-state index is 0.00278. The zero-order valence-electron chi connectivity index (χ0n) is 17.9. The number of fused-ring (bicyclic) bond motifs is 1. The highest BCUT2D eigenvalue weighted by atomic mass is 127. The fourth-order valence-corrected chi connectivity index (χ4v) is 5.94. The molecule has 3 atom stereocenters. The minimum Gasteiger partial charge on any atom is -0.305 e. The van der Waals surface area contributed by atoms with E-state index in [0.29, 0.717) is 18.0 Å². The monoisotopic (exact) mass is 561 g/mol. The van der Waals surface area contributed by atoms with Crippen LogP contribution >= 0.6 is 22.6 Å². The van der Waals surface area contributed by atoms with E-state index in [9.17, 15) is 18.0 Å². The Bertz CT molecular complexity index is 1170. The van der Waals surface area contributed by atoms with Crippen LogP contribution in [-0.2, 0) is 17.4 Å². The Balaban J connectivity index is 1.47. The van der Waals surface area contributed by atoms with Gasteiger partial charge in [-0.15, -0.1) is 0 Å². The highest BCUT2D eigenvalue weighted by Gasteiger charge is 2.43. The fourth-order valence-electron chi connectivity index (χ4n) is 5.37. The van der Waals surface area contributed by atoms with Crippen molar-refractivity contribution in [1.82, 2.24) is 0 Å². The quantitative estimate of drug-likeness (QED) is 0.302. The summed E-state index contributed by atoms with van der Waals surface area (Å²) in [5, 5.41) is 0. The number of carbonyl (C=O) groups is 1. The summed E-state index contributed by atoms with van der Waals surface area (Å²) in [4.78, 5) is 15.4. The van der Waals surface area contributed by atoms with Gasteiger partial charge in [0.25, 0.3) is 0 Å². The lowest BCUT2D eigenvalue weighted by Gasteiger charge is -2.26. The maximum Gasteiger partial charge on any atom is 0.416 e. The first-order valence-electron chi connectivity index (χ1n) is 11.1. The molecule has 1 aliphatic carbocycles. The molecule has 33 heavy (non-hydrogen) atoms. The molecule has 1 aliphatic heterocycles. The van der Waals surface area contributed by atoms with Gasteiger partial charge in [0, 0.05) is 15.2 Å². The summed E-state index contributed by atoms with van der Waals surface area (Å²) in [6.07, 6.45) is -0.894. The molecular formula is C27H23F3INO. The van der Waals surface area contributed by atoms with E-state index in [1.54, 1.807) is 4.90 Å². The fraction of sp³-hybridized carbons (Fsp3) is 0.296. The van der Waals surface area contributed by atoms with Gasteiger partial charge in [0.15, 0.2) is 0 Å². The van der Waals surface area contributed by atoms with Crippen LogP contribution in [0.2, 0.25) is 0 Å². The van der Waals surface area contributed by atoms with E-state index >= 15 is 0 Å². The molecule has 1 amide bonds. The summed E-state index contributed by atoms with van der Waals surface area (Å²) in [7, 11) is 0. The molecule has 1 fully saturated rings. The molecule has 170 valence electrons. The summed E-state index contributed by atoms with van der Waals surface area (Å²) in [5.41, 5.74) is 3.53. The number of halogens is 4. The number of nitrogens with zero attached hydrogens (tertiary/aromatic N) is 1. The maximum absolute atomic E-state index is 13.7. The molecule has 0 unspecified atom stereocenters. The predicted molar refractivity (Wildman–Crippen MR) is 131 cm³/mol. The summed E-state index contributed by atoms with van der Waals surface area (Å²) in [5.74, 6) is 0.189. The Kier molecular flexibility index (Phi) is 5.97. The van der Waals surface area contributed by atoms with Crippen LogP contribution in [0.15, 0.2) is 72.8 Å². The number of hydrogen-bond donors (Lipinski definition) is 0. The Morgan fingerprint density at radius 3 is 2.42 bits per heavy atom. The van der Waals surface area contributed by atoms with Crippen molar-refractivity contribution in [1.29, 1.82) is 0 Å². The highest BCUT2D eigenvalue weighted by molar-refractivity contribution is 14.1. The van der Waals surface area contributed by atoms with Crippen molar-refractivity contribution in [3.05, 3.63) is 98.6 Å². The average molecular weight is 561 g/mol. The molecular weight excluding hydrogens is 538 g/mol. The van der Waals surface area contributed by atoms with E-state index in [-0.39, 0.29) is 17.9 Å². The number of aryl methyl sites for hydroxylation is 1. The van der Waals surface area contributed by atoms with Crippen LogP contribution in [0.5, 0.6) is 0 Å². The van der Waals surface area contributed by atoms with Gasteiger partial charge in [-0.05, 0) is 107 Å². The summed E-state index contributed by atoms with van der Waals surface area (Å²) in [6.45, 7) is 0. The summed E-state index contributed by atoms with van der Waals surface area (Å²) in [6, 6.07) is 21.2. The van der Waals surface area contributed by atoms with Crippen molar-refractivity contribution < 1.29 is 18.0 Å². The van der Waals surface area contributed by atoms with Gasteiger partial charge >= 0.3 is 6.18 Å². The maximum atomic E-state index is 13.7. The van der Waals surface area contributed by atoms with Gasteiger partial charge in [0.1, 0.15) is 0 Å². The lowest BCUT2D eigenvalue weighted by Crippen LogP contribution is -2.29. The van der Waals surface area contributed by atoms with E-state index in [0.717, 1.165) is 40.5 Å². The molecule has 1 saturated heterocycles. The van der Waals surface area contributed by atoms with Crippen molar-refractivity contribution in [2.75, 3.05) is 4.90 Å². The first-order valence-corrected chi connectivity index (χ1v) is 12.2. The number of amides is 1. The molecule has 0 bridgehead atoms. The normalized spacial score (nSPS) is 22.6. The third-order valence-corrected chi connectivity index (χ3v) is 7.61. The van der Waals surface area contributed by atoms with Crippen LogP contribution < -0.4 is 4.90 Å². The van der Waals surface area contributed by atoms with Crippen LogP contribution in [0.1, 0.15) is 53.5 Å². The minimum atomic E-state index is -4.40. The average Bonchev–Trinajstić information content (AvgIpc) is 3.35. The van der Waals surface area contributed by atoms with Gasteiger partial charge in [0.05, 0.1) is 11.6 Å². The first-order chi connectivity index (χ1) is 15.8. The van der Waals surface area contributed by atoms with Crippen molar-refractivity contribution >= 4 is 34.2 Å². The standard InChI is InChI=1S/C27H23F3INO/c28-27(29,30)21-10-12-23(13-11-21)32-25(19-5-3-6-22(31)15-19)16-20(26(32)33)14-18-9-8-17-4-1-2-7-24(17)18/h1-7,10-13,15,18,20,25H,8-9,14,16H2/t18-,20+,25-/m0/s1. The van der Waals surface area contributed by atoms with E-state index in [2.05, 4.69) is 52.9 Å². The van der Waals surface area contributed by atoms with Crippen molar-refractivity contribution in [2.45, 2.75) is 43.8 Å². The zero-order chi connectivity index (χ0) is 23.2. The van der Waals surface area contributed by atoms with Crippen LogP contribution in [0.25, 0.3) is 0 Å². The van der Waals surface area contributed by atoms with Crippen molar-refractivity contribution in [3.63, 3.8) is 0 Å². The van der Waals surface area contributed by atoms with Gasteiger partial charge in [-0.3, -0.25) is 4.79 Å². The number of hydrogen-bond acceptors (Lipinski definition) is 1. The molecule has 1 heterocycles. The number of benzene rings is 3.